The number of hydrogen-bond donors (Lipinski definition) is 1. The van der Waals surface area contributed by atoms with Crippen molar-refractivity contribution < 1.29 is 8.78 Å². The van der Waals surface area contributed by atoms with Gasteiger partial charge in [0.2, 0.25) is 0 Å². The molecule has 0 unspecified atom stereocenters. The third-order valence-electron chi connectivity index (χ3n) is 5.97. The van der Waals surface area contributed by atoms with Crippen molar-refractivity contribution in [2.45, 2.75) is 25.7 Å². The van der Waals surface area contributed by atoms with Crippen LogP contribution < -0.4 is 15.1 Å². The summed E-state index contributed by atoms with van der Waals surface area (Å²) in [5.74, 6) is -1.32. The van der Waals surface area contributed by atoms with E-state index in [0.717, 1.165) is 56.7 Å². The molecule has 0 amide bonds. The van der Waals surface area contributed by atoms with Gasteiger partial charge in [-0.3, -0.25) is 0 Å². The van der Waals surface area contributed by atoms with E-state index in [1.54, 1.807) is 6.07 Å². The molecule has 172 valence electrons. The smallest absolute Gasteiger partial charge is 0.270 e. The average Bonchev–Trinajstić information content (AvgIpc) is 2.97. The number of anilines is 2. The Morgan fingerprint density at radius 3 is 2.61 bits per heavy atom. The van der Waals surface area contributed by atoms with Crippen LogP contribution in [0.25, 0.3) is 11.3 Å². The molecule has 3 aromatic rings. The minimum absolute atomic E-state index is 0.0160. The summed E-state index contributed by atoms with van der Waals surface area (Å²) in [4.78, 5) is 9.21. The highest BCUT2D eigenvalue weighted by Gasteiger charge is 2.26. The van der Waals surface area contributed by atoms with Crippen LogP contribution in [0.1, 0.15) is 24.5 Å². The molecule has 6 heteroatoms. The number of nitrogens with zero attached hydrogens (tertiary/aromatic N) is 3. The molecule has 1 N–H and O–H groups in total. The van der Waals surface area contributed by atoms with Crippen LogP contribution in [0.5, 0.6) is 0 Å². The minimum Gasteiger partial charge on any atom is -0.372 e. The predicted octanol–water partition coefficient (Wildman–Crippen LogP) is 5.81. The Kier molecular flexibility index (Phi) is 6.63. The molecule has 2 aromatic carbocycles. The van der Waals surface area contributed by atoms with Gasteiger partial charge < -0.3 is 15.1 Å². The third-order valence-corrected chi connectivity index (χ3v) is 5.97. The fourth-order valence-electron chi connectivity index (χ4n) is 4.10. The summed E-state index contributed by atoms with van der Waals surface area (Å²) in [5, 5.41) is 3.45. The molecular formula is C27H30F2N4. The van der Waals surface area contributed by atoms with E-state index < -0.39 is 5.92 Å². The van der Waals surface area contributed by atoms with Gasteiger partial charge in [-0.15, -0.1) is 0 Å². The zero-order valence-corrected chi connectivity index (χ0v) is 19.2. The second-order valence-electron chi connectivity index (χ2n) is 8.54. The van der Waals surface area contributed by atoms with Gasteiger partial charge in [0.1, 0.15) is 0 Å². The molecule has 4 rings (SSSR count). The number of alkyl halides is 2. The van der Waals surface area contributed by atoms with Crippen molar-refractivity contribution in [1.82, 2.24) is 10.3 Å². The normalized spacial score (nSPS) is 13.9. The first-order valence-electron chi connectivity index (χ1n) is 11.3. The number of pyridine rings is 1. The summed E-state index contributed by atoms with van der Waals surface area (Å²) in [6.07, 6.45) is 1.85. The molecule has 0 atom stereocenters. The summed E-state index contributed by atoms with van der Waals surface area (Å²) < 4.78 is 27.8. The molecule has 0 radical (unpaired) electrons. The molecule has 1 aromatic heterocycles. The van der Waals surface area contributed by atoms with Crippen molar-refractivity contribution >= 4 is 11.5 Å². The van der Waals surface area contributed by atoms with E-state index in [0.29, 0.717) is 11.3 Å². The highest BCUT2D eigenvalue weighted by molar-refractivity contribution is 5.74. The van der Waals surface area contributed by atoms with Gasteiger partial charge in [-0.1, -0.05) is 55.1 Å². The van der Waals surface area contributed by atoms with Crippen LogP contribution in [0.15, 0.2) is 79.1 Å². The van der Waals surface area contributed by atoms with Crippen molar-refractivity contribution in [3.63, 3.8) is 0 Å². The maximum Gasteiger partial charge on any atom is 0.270 e. The Morgan fingerprint density at radius 1 is 1.06 bits per heavy atom. The lowest BCUT2D eigenvalue weighted by Gasteiger charge is -2.27. The largest absolute Gasteiger partial charge is 0.372 e. The maximum absolute atomic E-state index is 13.9. The van der Waals surface area contributed by atoms with Crippen molar-refractivity contribution in [3.05, 3.63) is 90.3 Å². The topological polar surface area (TPSA) is 31.4 Å². The molecule has 33 heavy (non-hydrogen) atoms. The molecule has 0 spiro atoms. The van der Waals surface area contributed by atoms with E-state index in [9.17, 15) is 8.78 Å². The Bertz CT molecular complexity index is 1110. The van der Waals surface area contributed by atoms with Gasteiger partial charge in [0.05, 0.1) is 17.2 Å². The van der Waals surface area contributed by atoms with E-state index >= 15 is 0 Å². The number of fused-ring (bicyclic) bond motifs is 1. The van der Waals surface area contributed by atoms with Crippen LogP contribution in [0, 0.1) is 0 Å². The first kappa shape index (κ1) is 22.8. The monoisotopic (exact) mass is 448 g/mol. The van der Waals surface area contributed by atoms with Gasteiger partial charge >= 0.3 is 0 Å². The molecule has 0 aliphatic carbocycles. The fraction of sp³-hybridized carbons (Fsp3) is 0.296. The number of benzene rings is 2. The average molecular weight is 449 g/mol. The summed E-state index contributed by atoms with van der Waals surface area (Å²) in [6, 6.07) is 20.7. The molecule has 0 saturated carbocycles. The summed E-state index contributed by atoms with van der Waals surface area (Å²) in [7, 11) is 2.05. The van der Waals surface area contributed by atoms with Crippen LogP contribution in [0.3, 0.4) is 0 Å². The Morgan fingerprint density at radius 2 is 1.85 bits per heavy atom. The summed E-state index contributed by atoms with van der Waals surface area (Å²) in [6.45, 7) is 7.64. The zero-order chi connectivity index (χ0) is 23.4. The third kappa shape index (κ3) is 5.33. The summed E-state index contributed by atoms with van der Waals surface area (Å²) in [5.41, 5.74) is 3.59. The molecule has 1 aliphatic heterocycles. The van der Waals surface area contributed by atoms with Crippen molar-refractivity contribution in [2.24, 2.45) is 0 Å². The first-order chi connectivity index (χ1) is 15.8. The Balaban J connectivity index is 1.60. The van der Waals surface area contributed by atoms with Gasteiger partial charge in [0, 0.05) is 44.7 Å². The first-order valence-corrected chi connectivity index (χ1v) is 11.3. The van der Waals surface area contributed by atoms with Crippen LogP contribution in [-0.2, 0) is 12.3 Å². The molecule has 4 nitrogen and oxygen atoms in total. The van der Waals surface area contributed by atoms with Crippen LogP contribution in [-0.4, -0.2) is 31.7 Å². The maximum atomic E-state index is 13.9. The van der Waals surface area contributed by atoms with E-state index in [4.69, 9.17) is 4.98 Å². The van der Waals surface area contributed by atoms with Crippen molar-refractivity contribution in [3.8, 4) is 11.3 Å². The highest BCUT2D eigenvalue weighted by atomic mass is 19.3. The van der Waals surface area contributed by atoms with Gasteiger partial charge in [0.15, 0.2) is 5.82 Å². The quantitative estimate of drug-likeness (QED) is 0.494. The number of halogens is 2. The second-order valence-corrected chi connectivity index (χ2v) is 8.54. The highest BCUT2D eigenvalue weighted by Crippen LogP contribution is 2.35. The SMILES string of the molecule is C=C(NCCc1ccccc1)N1CCCN(C)c2ccc(-c3cccc(C(C)(F)F)c3)nc21. The molecule has 1 aliphatic rings. The van der Waals surface area contributed by atoms with E-state index in [2.05, 4.69) is 33.8 Å². The van der Waals surface area contributed by atoms with Gasteiger partial charge in [-0.25, -0.2) is 13.8 Å². The van der Waals surface area contributed by atoms with E-state index in [1.165, 1.54) is 17.7 Å². The molecule has 0 bridgehead atoms. The lowest BCUT2D eigenvalue weighted by Crippen LogP contribution is -2.33. The lowest BCUT2D eigenvalue weighted by atomic mass is 10.0. The number of hydrogen-bond acceptors (Lipinski definition) is 4. The minimum atomic E-state index is -2.90. The zero-order valence-electron chi connectivity index (χ0n) is 19.2. The van der Waals surface area contributed by atoms with Crippen LogP contribution in [0.4, 0.5) is 20.3 Å². The van der Waals surface area contributed by atoms with Crippen LogP contribution >= 0.6 is 0 Å². The molecule has 0 saturated heterocycles. The molecule has 0 fully saturated rings. The van der Waals surface area contributed by atoms with Crippen LogP contribution in [0.2, 0.25) is 0 Å². The number of nitrogens with one attached hydrogen (secondary N) is 1. The Labute approximate surface area is 194 Å². The Hall–Kier alpha value is -3.41. The standard InChI is InChI=1S/C27H30F2N4/c1-20(30-16-15-21-9-5-4-6-10-21)33-18-8-17-32(3)25-14-13-24(31-26(25)33)22-11-7-12-23(19-22)27(2,28)29/h4-7,9-14,19,30H,1,8,15-18H2,2-3H3. The molecular weight excluding hydrogens is 418 g/mol. The lowest BCUT2D eigenvalue weighted by molar-refractivity contribution is 0.0175. The predicted molar refractivity (Wildman–Crippen MR) is 132 cm³/mol. The van der Waals surface area contributed by atoms with Gasteiger partial charge in [-0.2, -0.15) is 0 Å². The van der Waals surface area contributed by atoms with Gasteiger partial charge in [0.25, 0.3) is 5.92 Å². The van der Waals surface area contributed by atoms with Crippen molar-refractivity contribution in [1.29, 1.82) is 0 Å². The van der Waals surface area contributed by atoms with Gasteiger partial charge in [-0.05, 0) is 36.6 Å². The summed E-state index contributed by atoms with van der Waals surface area (Å²) >= 11 is 0. The number of aromatic nitrogens is 1. The van der Waals surface area contributed by atoms with E-state index in [-0.39, 0.29) is 5.56 Å². The van der Waals surface area contributed by atoms with E-state index in [1.807, 2.05) is 43.4 Å². The molecule has 2 heterocycles. The number of rotatable bonds is 7. The second kappa shape index (κ2) is 9.61. The van der Waals surface area contributed by atoms with Crippen molar-refractivity contribution in [2.75, 3.05) is 36.5 Å². The fourth-order valence-corrected chi connectivity index (χ4v) is 4.10.